The van der Waals surface area contributed by atoms with Crippen LogP contribution in [0.25, 0.3) is 27.4 Å². The molecule has 7 N–H and O–H groups in total. The lowest BCUT2D eigenvalue weighted by atomic mass is 9.78. The van der Waals surface area contributed by atoms with Crippen LogP contribution in [-0.4, -0.2) is 128 Å². The molecule has 19 nitrogen and oxygen atoms in total. The number of carbonyl (C=O) groups excluding carboxylic acids is 3. The number of phenolic OH excluding ortho intramolecular Hbond substituents is 3. The first-order chi connectivity index (χ1) is 35.9. The second kappa shape index (κ2) is 21.3. The zero-order valence-corrected chi connectivity index (χ0v) is 44.0. The highest BCUT2D eigenvalue weighted by molar-refractivity contribution is 6.24. The molecule has 5 heterocycles. The average molecular weight is 1050 g/mol. The molecule has 5 bridgehead atoms. The molecule has 0 spiro atoms. The van der Waals surface area contributed by atoms with Crippen LogP contribution in [0.1, 0.15) is 94.4 Å². The van der Waals surface area contributed by atoms with Crippen LogP contribution in [0.15, 0.2) is 70.9 Å². The molecule has 0 radical (unpaired) electrons. The molecule has 9 atom stereocenters. The van der Waals surface area contributed by atoms with Gasteiger partial charge in [0.15, 0.2) is 11.2 Å². The van der Waals surface area contributed by atoms with Crippen LogP contribution in [-0.2, 0) is 23.8 Å². The number of hydrazone groups is 1. The minimum Gasteiger partial charge on any atom is -0.508 e. The average Bonchev–Trinajstić information content (AvgIpc) is 4.20. The number of aromatic nitrogens is 1. The largest absolute Gasteiger partial charge is 0.508 e. The van der Waals surface area contributed by atoms with Crippen molar-refractivity contribution >= 4 is 62.7 Å². The highest BCUT2D eigenvalue weighted by Crippen LogP contribution is 2.55. The van der Waals surface area contributed by atoms with Gasteiger partial charge in [-0.3, -0.25) is 24.2 Å². The Labute approximate surface area is 438 Å². The number of piperazine rings is 1. The number of allylic oxidation sites excluding steroid dienone is 2. The van der Waals surface area contributed by atoms with E-state index in [1.54, 1.807) is 62.0 Å². The van der Waals surface area contributed by atoms with Crippen LogP contribution in [0.4, 0.5) is 15.8 Å². The fourth-order valence-corrected chi connectivity index (χ4v) is 10.5. The van der Waals surface area contributed by atoms with Crippen LogP contribution >= 0.6 is 0 Å². The van der Waals surface area contributed by atoms with Crippen molar-refractivity contribution in [3.05, 3.63) is 99.3 Å². The number of amides is 1. The quantitative estimate of drug-likeness (QED) is 0.0317. The first-order valence-corrected chi connectivity index (χ1v) is 25.3. The Morgan fingerprint density at radius 2 is 1.63 bits per heavy atom. The summed E-state index contributed by atoms with van der Waals surface area (Å²) in [5.74, 6) is -10.2. The van der Waals surface area contributed by atoms with Gasteiger partial charge in [0.2, 0.25) is 0 Å². The number of nitrogens with one attached hydrogen (secondary N) is 1. The van der Waals surface area contributed by atoms with Gasteiger partial charge in [-0.1, -0.05) is 52.5 Å². The first kappa shape index (κ1) is 54.8. The van der Waals surface area contributed by atoms with Crippen LogP contribution in [0, 0.1) is 36.4 Å². The maximum Gasteiger partial charge on any atom is 0.312 e. The van der Waals surface area contributed by atoms with Gasteiger partial charge in [-0.2, -0.15) is 5.10 Å². The van der Waals surface area contributed by atoms with Gasteiger partial charge in [-0.25, -0.2) is 4.39 Å². The second-order valence-electron chi connectivity index (χ2n) is 20.6. The highest BCUT2D eigenvalue weighted by Gasteiger charge is 2.50. The number of ketones is 1. The summed E-state index contributed by atoms with van der Waals surface area (Å²) in [6, 6.07) is 2.89. The maximum absolute atomic E-state index is 15.9. The number of aliphatic hydroxyl groups is 3. The van der Waals surface area contributed by atoms with E-state index in [0.29, 0.717) is 5.52 Å². The van der Waals surface area contributed by atoms with E-state index in [1.165, 1.54) is 65.5 Å². The number of rotatable bonds is 7. The predicted molar refractivity (Wildman–Crippen MR) is 283 cm³/mol. The molecular formula is C56H66FN5O14. The van der Waals surface area contributed by atoms with Crippen molar-refractivity contribution < 1.29 is 68.4 Å². The number of halogens is 1. The number of fused-ring (bicyclic) bond motifs is 15. The monoisotopic (exact) mass is 1050 g/mol. The molecule has 9 rings (SSSR count). The SMILES string of the molecule is C=C(O)c1cn(C2CC2)c2cc(N3CCN(/N=C\c4c5c(O)c6c(O)c(C)c7c(c6c4O)C(=O)[C@@](C)(O/C=C/[C@H](OC)[C@@H](C)[C@@H](OC(C)=O)[C@H](C)[C@H](O)[C@H](C)[C@@H](O)[C@@H](C)/C=C/C=C(/C)C(=O)N5)O7)CC3)c(F)cc2c1=O. The Bertz CT molecular complexity index is 3210. The molecule has 1 amide bonds. The van der Waals surface area contributed by atoms with Crippen LogP contribution in [0.5, 0.6) is 23.0 Å². The number of esters is 1. The summed E-state index contributed by atoms with van der Waals surface area (Å²) in [6.45, 7) is 16.8. The van der Waals surface area contributed by atoms with E-state index in [1.807, 2.05) is 4.57 Å². The van der Waals surface area contributed by atoms with Gasteiger partial charge in [-0.05, 0) is 44.9 Å². The number of anilines is 2. The van der Waals surface area contributed by atoms with Gasteiger partial charge >= 0.3 is 11.8 Å². The number of methoxy groups -OCH3 is 1. The van der Waals surface area contributed by atoms with Crippen molar-refractivity contribution in [3.63, 3.8) is 0 Å². The molecule has 4 aromatic rings. The molecule has 1 saturated heterocycles. The third-order valence-corrected chi connectivity index (χ3v) is 15.3. The molecule has 3 aromatic carbocycles. The molecule has 5 aliphatic rings. The van der Waals surface area contributed by atoms with Crippen molar-refractivity contribution in [2.75, 3.05) is 43.5 Å². The van der Waals surface area contributed by atoms with Crippen molar-refractivity contribution in [2.45, 2.75) is 104 Å². The fourth-order valence-electron chi connectivity index (χ4n) is 10.5. The standard InChI is InChI=1S/C56H66FN5O14/c1-26-12-11-13-27(2)55(72)59-45-36(24-58-61-19-17-60(18-20-61)40-23-39-35(22-38(40)57)49(68)37(32(7)63)25-62(39)34-14-15-34)50(69)42-43(51(45)70)48(67)31(6)53-44(42)54(71)56(9,76-53)74-21-16-41(73-10)28(3)52(75-33(8)64)30(5)47(66)29(4)46(26)65/h11-13,16,21-26,28-30,34,41,46-47,52,63,65-67,69-70H,7,14-15,17-20H2,1-6,8-10H3,(H,59,72)/b12-11+,21-16+,27-13-,58-24-/t26-,28+,29+,30+,41-,46-,47+,52+,56-/m0/s1. The Morgan fingerprint density at radius 1 is 0.947 bits per heavy atom. The third kappa shape index (κ3) is 10.1. The number of nitrogens with zero attached hydrogens (tertiary/aromatic N) is 4. The molecular weight excluding hydrogens is 986 g/mol. The van der Waals surface area contributed by atoms with Gasteiger partial charge in [-0.15, -0.1) is 0 Å². The molecule has 4 aliphatic heterocycles. The number of aromatic hydroxyl groups is 3. The lowest BCUT2D eigenvalue weighted by Gasteiger charge is -2.38. The van der Waals surface area contributed by atoms with Gasteiger partial charge in [0, 0.05) is 91.9 Å². The number of carbonyl (C=O) groups is 3. The number of ether oxygens (including phenoxy) is 4. The number of hydrogen-bond donors (Lipinski definition) is 7. The molecule has 0 unspecified atom stereocenters. The zero-order chi connectivity index (χ0) is 55.4. The number of phenols is 3. The Morgan fingerprint density at radius 3 is 2.26 bits per heavy atom. The van der Waals surface area contributed by atoms with E-state index in [0.717, 1.165) is 12.8 Å². The van der Waals surface area contributed by atoms with E-state index >= 15 is 4.39 Å². The normalized spacial score (nSPS) is 28.3. The minimum absolute atomic E-state index is 0.00199. The Balaban J connectivity index is 1.18. The number of hydrogen-bond acceptors (Lipinski definition) is 17. The first-order valence-electron chi connectivity index (χ1n) is 25.3. The third-order valence-electron chi connectivity index (χ3n) is 15.3. The van der Waals surface area contributed by atoms with Crippen LogP contribution < -0.4 is 20.4 Å². The van der Waals surface area contributed by atoms with Crippen molar-refractivity contribution in [3.8, 4) is 23.0 Å². The number of benzene rings is 3. The summed E-state index contributed by atoms with van der Waals surface area (Å²) in [6.07, 6.45) is 7.68. The van der Waals surface area contributed by atoms with Gasteiger partial charge in [0.1, 0.15) is 34.9 Å². The molecule has 76 heavy (non-hydrogen) atoms. The lowest BCUT2D eigenvalue weighted by Crippen LogP contribution is -2.46. The van der Waals surface area contributed by atoms with Crippen molar-refractivity contribution in [1.82, 2.24) is 9.58 Å². The molecule has 1 saturated carbocycles. The van der Waals surface area contributed by atoms with Gasteiger partial charge in [0.05, 0.1) is 82.8 Å². The summed E-state index contributed by atoms with van der Waals surface area (Å²) < 4.78 is 41.6. The smallest absolute Gasteiger partial charge is 0.312 e. The maximum atomic E-state index is 15.9. The number of aliphatic hydroxyl groups excluding tert-OH is 3. The molecule has 2 fully saturated rings. The van der Waals surface area contributed by atoms with Crippen LogP contribution in [0.3, 0.4) is 0 Å². The minimum atomic E-state index is -2.13. The molecule has 1 aliphatic carbocycles. The summed E-state index contributed by atoms with van der Waals surface area (Å²) >= 11 is 0. The van der Waals surface area contributed by atoms with Gasteiger partial charge in [0.25, 0.3) is 11.7 Å². The number of Topliss-reactive ketones (excluding diaryl/α,β-unsaturated/α-hetero) is 1. The molecule has 1 aromatic heterocycles. The second-order valence-corrected chi connectivity index (χ2v) is 20.6. The molecule has 20 heteroatoms. The Hall–Kier alpha value is -7.42. The summed E-state index contributed by atoms with van der Waals surface area (Å²) in [5.41, 5.74) is -0.539. The summed E-state index contributed by atoms with van der Waals surface area (Å²) in [4.78, 5) is 56.3. The van der Waals surface area contributed by atoms with Gasteiger partial charge < -0.3 is 64.4 Å². The number of pyridine rings is 1. The van der Waals surface area contributed by atoms with E-state index in [2.05, 4.69) is 17.0 Å². The summed E-state index contributed by atoms with van der Waals surface area (Å²) in [5, 5.41) is 77.9. The lowest BCUT2D eigenvalue weighted by molar-refractivity contribution is -0.160. The Kier molecular flexibility index (Phi) is 15.4. The predicted octanol–water partition coefficient (Wildman–Crippen LogP) is 7.23. The zero-order valence-electron chi connectivity index (χ0n) is 44.0. The van der Waals surface area contributed by atoms with Crippen LogP contribution in [0.2, 0.25) is 0 Å². The highest BCUT2D eigenvalue weighted by atomic mass is 19.1. The van der Waals surface area contributed by atoms with Crippen molar-refractivity contribution in [1.29, 1.82) is 0 Å². The molecule has 406 valence electrons. The fraction of sp³-hybridized carbons (Fsp3) is 0.446. The summed E-state index contributed by atoms with van der Waals surface area (Å²) in [7, 11) is 1.42. The van der Waals surface area contributed by atoms with Crippen molar-refractivity contribution in [2.24, 2.45) is 28.8 Å². The van der Waals surface area contributed by atoms with E-state index in [-0.39, 0.29) is 93.3 Å². The van der Waals surface area contributed by atoms with E-state index < -0.39 is 106 Å². The van der Waals surface area contributed by atoms with E-state index in [4.69, 9.17) is 18.9 Å². The van der Waals surface area contributed by atoms with E-state index in [9.17, 15) is 49.8 Å². The topological polar surface area (TPSA) is 262 Å².